The van der Waals surface area contributed by atoms with E-state index < -0.39 is 0 Å². The zero-order valence-corrected chi connectivity index (χ0v) is 12.0. The van der Waals surface area contributed by atoms with Crippen LogP contribution in [-0.2, 0) is 6.42 Å². The maximum Gasteiger partial charge on any atom is 0.258 e. The van der Waals surface area contributed by atoms with Crippen LogP contribution in [0.2, 0.25) is 0 Å². The van der Waals surface area contributed by atoms with Crippen molar-refractivity contribution in [2.75, 3.05) is 13.6 Å². The Morgan fingerprint density at radius 1 is 1.25 bits per heavy atom. The molecule has 0 bridgehead atoms. The first-order valence-electron chi connectivity index (χ1n) is 6.47. The molecule has 0 aliphatic heterocycles. The van der Waals surface area contributed by atoms with Crippen LogP contribution < -0.4 is 5.32 Å². The number of thiophene rings is 1. The van der Waals surface area contributed by atoms with Crippen LogP contribution in [0.15, 0.2) is 45.6 Å². The maximum atomic E-state index is 5.42. The van der Waals surface area contributed by atoms with Crippen LogP contribution in [0.5, 0.6) is 0 Å². The van der Waals surface area contributed by atoms with Gasteiger partial charge in [-0.2, -0.15) is 16.3 Å². The van der Waals surface area contributed by atoms with Crippen LogP contribution in [0.1, 0.15) is 5.56 Å². The molecule has 102 valence electrons. The first kappa shape index (κ1) is 13.0. The Hall–Kier alpha value is -1.98. The highest BCUT2D eigenvalue weighted by atomic mass is 32.1. The molecule has 5 heteroatoms. The zero-order chi connectivity index (χ0) is 13.8. The fraction of sp³-hybridized carbons (Fsp3) is 0.200. The van der Waals surface area contributed by atoms with E-state index in [0.29, 0.717) is 11.7 Å². The van der Waals surface area contributed by atoms with Gasteiger partial charge in [-0.1, -0.05) is 23.4 Å². The molecule has 0 aliphatic carbocycles. The second kappa shape index (κ2) is 5.98. The third kappa shape index (κ3) is 2.64. The molecule has 3 aromatic rings. The lowest BCUT2D eigenvalue weighted by molar-refractivity contribution is 0.432. The highest BCUT2D eigenvalue weighted by molar-refractivity contribution is 7.08. The summed E-state index contributed by atoms with van der Waals surface area (Å²) in [5, 5.41) is 11.2. The van der Waals surface area contributed by atoms with Gasteiger partial charge in [-0.25, -0.2) is 0 Å². The third-order valence-corrected chi connectivity index (χ3v) is 3.78. The Balaban J connectivity index is 1.93. The molecule has 3 rings (SSSR count). The Kier molecular flexibility index (Phi) is 3.90. The Labute approximate surface area is 121 Å². The van der Waals surface area contributed by atoms with Crippen molar-refractivity contribution >= 4 is 11.3 Å². The van der Waals surface area contributed by atoms with Gasteiger partial charge in [-0.15, -0.1) is 0 Å². The van der Waals surface area contributed by atoms with Crippen LogP contribution in [0.4, 0.5) is 0 Å². The number of rotatable bonds is 5. The molecule has 4 nitrogen and oxygen atoms in total. The summed E-state index contributed by atoms with van der Waals surface area (Å²) in [7, 11) is 1.95. The van der Waals surface area contributed by atoms with E-state index in [9.17, 15) is 0 Å². The molecule has 2 aromatic heterocycles. The van der Waals surface area contributed by atoms with Crippen molar-refractivity contribution in [2.24, 2.45) is 0 Å². The first-order chi connectivity index (χ1) is 9.88. The van der Waals surface area contributed by atoms with Crippen molar-refractivity contribution in [1.29, 1.82) is 0 Å². The molecule has 0 amide bonds. The summed E-state index contributed by atoms with van der Waals surface area (Å²) < 4.78 is 5.42. The predicted molar refractivity (Wildman–Crippen MR) is 80.7 cm³/mol. The van der Waals surface area contributed by atoms with Gasteiger partial charge in [0.1, 0.15) is 0 Å². The van der Waals surface area contributed by atoms with Gasteiger partial charge in [0.15, 0.2) is 0 Å². The summed E-state index contributed by atoms with van der Waals surface area (Å²) in [5.74, 6) is 1.22. The van der Waals surface area contributed by atoms with Gasteiger partial charge in [-0.3, -0.25) is 0 Å². The molecule has 20 heavy (non-hydrogen) atoms. The molecule has 0 fully saturated rings. The van der Waals surface area contributed by atoms with Gasteiger partial charge in [0.2, 0.25) is 5.82 Å². The molecule has 0 aliphatic rings. The van der Waals surface area contributed by atoms with Crippen molar-refractivity contribution < 1.29 is 4.52 Å². The van der Waals surface area contributed by atoms with E-state index in [1.807, 2.05) is 42.1 Å². The average Bonchev–Trinajstić information content (AvgIpc) is 3.15. The van der Waals surface area contributed by atoms with E-state index in [1.54, 1.807) is 11.3 Å². The van der Waals surface area contributed by atoms with Crippen molar-refractivity contribution in [2.45, 2.75) is 6.42 Å². The summed E-state index contributed by atoms with van der Waals surface area (Å²) in [5.41, 5.74) is 3.22. The fourth-order valence-electron chi connectivity index (χ4n) is 2.05. The van der Waals surface area contributed by atoms with Crippen LogP contribution in [0.3, 0.4) is 0 Å². The van der Waals surface area contributed by atoms with Crippen LogP contribution in [0, 0.1) is 0 Å². The molecule has 0 unspecified atom stereocenters. The van der Waals surface area contributed by atoms with E-state index in [4.69, 9.17) is 4.52 Å². The number of aromatic nitrogens is 2. The zero-order valence-electron chi connectivity index (χ0n) is 11.2. The minimum absolute atomic E-state index is 0.581. The number of hydrogen-bond acceptors (Lipinski definition) is 5. The second-order valence-corrected chi connectivity index (χ2v) is 5.23. The minimum Gasteiger partial charge on any atom is -0.334 e. The molecule has 0 atom stereocenters. The lowest BCUT2D eigenvalue weighted by Gasteiger charge is -2.04. The van der Waals surface area contributed by atoms with E-state index in [0.717, 1.165) is 24.1 Å². The quantitative estimate of drug-likeness (QED) is 0.782. The van der Waals surface area contributed by atoms with Gasteiger partial charge in [-0.05, 0) is 43.1 Å². The van der Waals surface area contributed by atoms with Crippen molar-refractivity contribution in [3.8, 4) is 22.8 Å². The smallest absolute Gasteiger partial charge is 0.258 e. The van der Waals surface area contributed by atoms with Crippen LogP contribution >= 0.6 is 11.3 Å². The summed E-state index contributed by atoms with van der Waals surface area (Å²) in [4.78, 5) is 4.50. The van der Waals surface area contributed by atoms with E-state index >= 15 is 0 Å². The van der Waals surface area contributed by atoms with Gasteiger partial charge < -0.3 is 9.84 Å². The lowest BCUT2D eigenvalue weighted by Crippen LogP contribution is -2.10. The number of nitrogens with one attached hydrogen (secondary N) is 1. The molecule has 0 saturated carbocycles. The first-order valence-corrected chi connectivity index (χ1v) is 7.42. The topological polar surface area (TPSA) is 51.0 Å². The Morgan fingerprint density at radius 3 is 2.95 bits per heavy atom. The highest BCUT2D eigenvalue weighted by Crippen LogP contribution is 2.26. The molecule has 1 N–H and O–H groups in total. The summed E-state index contributed by atoms with van der Waals surface area (Å²) >= 11 is 1.62. The second-order valence-electron chi connectivity index (χ2n) is 4.45. The fourth-order valence-corrected chi connectivity index (χ4v) is 2.68. The standard InChI is InChI=1S/C15H15N3OS/c1-16-8-6-11-4-2-3-5-13(11)15-17-14(18-19-15)12-7-9-20-10-12/h2-5,7,9-10,16H,6,8H2,1H3. The molecule has 0 spiro atoms. The summed E-state index contributed by atoms with van der Waals surface area (Å²) in [6.07, 6.45) is 0.933. The monoisotopic (exact) mass is 285 g/mol. The minimum atomic E-state index is 0.581. The van der Waals surface area contributed by atoms with E-state index in [-0.39, 0.29) is 0 Å². The van der Waals surface area contributed by atoms with Crippen molar-refractivity contribution in [3.05, 3.63) is 46.7 Å². The number of nitrogens with zero attached hydrogens (tertiary/aromatic N) is 2. The molecular weight excluding hydrogens is 270 g/mol. The largest absolute Gasteiger partial charge is 0.334 e. The van der Waals surface area contributed by atoms with E-state index in [1.165, 1.54) is 5.56 Å². The maximum absolute atomic E-state index is 5.42. The Bertz CT molecular complexity index is 676. The summed E-state index contributed by atoms with van der Waals surface area (Å²) in [6, 6.07) is 10.1. The highest BCUT2D eigenvalue weighted by Gasteiger charge is 2.13. The summed E-state index contributed by atoms with van der Waals surface area (Å²) in [6.45, 7) is 0.919. The average molecular weight is 285 g/mol. The number of likely N-dealkylation sites (N-methyl/N-ethyl adjacent to an activating group) is 1. The molecule has 0 saturated heterocycles. The van der Waals surface area contributed by atoms with Crippen LogP contribution in [0.25, 0.3) is 22.8 Å². The van der Waals surface area contributed by atoms with Gasteiger partial charge >= 0.3 is 0 Å². The number of benzene rings is 1. The molecule has 1 aromatic carbocycles. The predicted octanol–water partition coefficient (Wildman–Crippen LogP) is 3.23. The molecule has 2 heterocycles. The van der Waals surface area contributed by atoms with Crippen molar-refractivity contribution in [1.82, 2.24) is 15.5 Å². The lowest BCUT2D eigenvalue weighted by atomic mass is 10.0. The molecular formula is C15H15N3OS. The van der Waals surface area contributed by atoms with E-state index in [2.05, 4.69) is 21.5 Å². The number of hydrogen-bond donors (Lipinski definition) is 1. The Morgan fingerprint density at radius 2 is 2.15 bits per heavy atom. The van der Waals surface area contributed by atoms with Gasteiger partial charge in [0, 0.05) is 16.5 Å². The SMILES string of the molecule is CNCCc1ccccc1-c1nc(-c2ccsc2)no1. The van der Waals surface area contributed by atoms with Crippen molar-refractivity contribution in [3.63, 3.8) is 0 Å². The third-order valence-electron chi connectivity index (χ3n) is 3.10. The van der Waals surface area contributed by atoms with Gasteiger partial charge in [0.05, 0.1) is 0 Å². The normalized spacial score (nSPS) is 10.8. The molecule has 0 radical (unpaired) electrons. The van der Waals surface area contributed by atoms with Gasteiger partial charge in [0.25, 0.3) is 5.89 Å². The van der Waals surface area contributed by atoms with Crippen LogP contribution in [-0.4, -0.2) is 23.7 Å².